The van der Waals surface area contributed by atoms with Gasteiger partial charge in [0.1, 0.15) is 0 Å². The van der Waals surface area contributed by atoms with Gasteiger partial charge in [0.25, 0.3) is 0 Å². The molecule has 2 amide bonds. The van der Waals surface area contributed by atoms with Crippen molar-refractivity contribution in [2.75, 3.05) is 16.8 Å². The molecular formula is C18H19N3O2S. The molecule has 0 unspecified atom stereocenters. The molecule has 0 radical (unpaired) electrons. The summed E-state index contributed by atoms with van der Waals surface area (Å²) in [5, 5.41) is 5.52. The summed E-state index contributed by atoms with van der Waals surface area (Å²) in [7, 11) is 0. The maximum atomic E-state index is 12.2. The first-order chi connectivity index (χ1) is 11.7. The van der Waals surface area contributed by atoms with E-state index in [4.69, 9.17) is 0 Å². The zero-order chi connectivity index (χ0) is 16.5. The van der Waals surface area contributed by atoms with Gasteiger partial charge < -0.3 is 5.32 Å². The average Bonchev–Trinajstić information content (AvgIpc) is 3.27. The number of rotatable bonds is 4. The number of amides is 2. The second-order valence-corrected chi connectivity index (χ2v) is 7.17. The van der Waals surface area contributed by atoms with E-state index in [9.17, 15) is 9.59 Å². The predicted molar refractivity (Wildman–Crippen MR) is 94.5 cm³/mol. The van der Waals surface area contributed by atoms with E-state index in [0.717, 1.165) is 31.5 Å². The summed E-state index contributed by atoms with van der Waals surface area (Å²) in [5.74, 6) is 0.0519. The maximum absolute atomic E-state index is 12.2. The molecule has 0 spiro atoms. The van der Waals surface area contributed by atoms with Gasteiger partial charge in [-0.3, -0.25) is 14.5 Å². The van der Waals surface area contributed by atoms with Crippen molar-refractivity contribution in [3.05, 3.63) is 40.4 Å². The highest BCUT2D eigenvalue weighted by Crippen LogP contribution is 2.26. The lowest BCUT2D eigenvalue weighted by Gasteiger charge is -2.10. The molecule has 124 valence electrons. The van der Waals surface area contributed by atoms with Gasteiger partial charge in [0.2, 0.25) is 11.8 Å². The van der Waals surface area contributed by atoms with Gasteiger partial charge in [0.05, 0.1) is 12.1 Å². The molecule has 1 saturated heterocycles. The Hall–Kier alpha value is -2.21. The molecule has 4 rings (SSSR count). The predicted octanol–water partition coefficient (Wildman–Crippen LogP) is 2.94. The molecule has 1 fully saturated rings. The van der Waals surface area contributed by atoms with Gasteiger partial charge in [-0.1, -0.05) is 6.07 Å². The minimum absolute atomic E-state index is 0.0717. The van der Waals surface area contributed by atoms with E-state index in [1.165, 1.54) is 28.9 Å². The molecule has 1 N–H and O–H groups in total. The topological polar surface area (TPSA) is 62.3 Å². The second-order valence-electron chi connectivity index (χ2n) is 6.33. The third kappa shape index (κ3) is 3.06. The molecule has 24 heavy (non-hydrogen) atoms. The number of hydrogen-bond acceptors (Lipinski definition) is 4. The number of anilines is 2. The van der Waals surface area contributed by atoms with Crippen LogP contribution in [-0.4, -0.2) is 23.3 Å². The first kappa shape index (κ1) is 15.3. The van der Waals surface area contributed by atoms with E-state index in [0.29, 0.717) is 17.2 Å². The summed E-state index contributed by atoms with van der Waals surface area (Å²) in [4.78, 5) is 30.2. The Morgan fingerprint density at radius 1 is 1.21 bits per heavy atom. The first-order valence-corrected chi connectivity index (χ1v) is 9.23. The van der Waals surface area contributed by atoms with Crippen molar-refractivity contribution in [1.29, 1.82) is 0 Å². The Bertz CT molecular complexity index is 799. The van der Waals surface area contributed by atoms with Gasteiger partial charge in [-0.2, -0.15) is 0 Å². The highest BCUT2D eigenvalue weighted by atomic mass is 32.1. The van der Waals surface area contributed by atoms with Gasteiger partial charge in [-0.15, -0.1) is 11.3 Å². The minimum Gasteiger partial charge on any atom is -0.326 e. The Morgan fingerprint density at radius 2 is 2.08 bits per heavy atom. The van der Waals surface area contributed by atoms with Crippen molar-refractivity contribution in [2.45, 2.75) is 38.5 Å². The van der Waals surface area contributed by atoms with Crippen molar-refractivity contribution in [1.82, 2.24) is 4.98 Å². The molecule has 0 atom stereocenters. The van der Waals surface area contributed by atoms with E-state index in [1.54, 1.807) is 4.90 Å². The lowest BCUT2D eigenvalue weighted by Crippen LogP contribution is -2.23. The lowest BCUT2D eigenvalue weighted by atomic mass is 10.1. The van der Waals surface area contributed by atoms with E-state index in [1.807, 2.05) is 11.4 Å². The monoisotopic (exact) mass is 341 g/mol. The Balaban J connectivity index is 1.39. The number of carbonyl (C=O) groups is 2. The van der Waals surface area contributed by atoms with Crippen LogP contribution in [0.25, 0.3) is 0 Å². The highest BCUT2D eigenvalue weighted by Gasteiger charge is 2.24. The largest absolute Gasteiger partial charge is 0.326 e. The number of nitrogens with one attached hydrogen (secondary N) is 1. The number of hydrogen-bond donors (Lipinski definition) is 1. The Labute approximate surface area is 144 Å². The van der Waals surface area contributed by atoms with Crippen molar-refractivity contribution in [2.24, 2.45) is 0 Å². The fourth-order valence-electron chi connectivity index (χ4n) is 3.37. The van der Waals surface area contributed by atoms with Crippen molar-refractivity contribution in [3.63, 3.8) is 0 Å². The summed E-state index contributed by atoms with van der Waals surface area (Å²) in [6.07, 6.45) is 5.14. The third-order valence-electron chi connectivity index (χ3n) is 4.57. The third-order valence-corrected chi connectivity index (χ3v) is 5.48. The lowest BCUT2D eigenvalue weighted by molar-refractivity contribution is -0.117. The molecule has 1 aliphatic heterocycles. The van der Waals surface area contributed by atoms with E-state index in [2.05, 4.69) is 22.4 Å². The molecule has 1 aliphatic carbocycles. The molecular weight excluding hydrogens is 322 g/mol. The number of aryl methyl sites for hydroxylation is 2. The molecule has 6 heteroatoms. The summed E-state index contributed by atoms with van der Waals surface area (Å²) in [5.41, 5.74) is 4.31. The van der Waals surface area contributed by atoms with Gasteiger partial charge in [-0.05, 0) is 48.9 Å². The van der Waals surface area contributed by atoms with Crippen LogP contribution in [0.2, 0.25) is 0 Å². The van der Waals surface area contributed by atoms with Gasteiger partial charge >= 0.3 is 0 Å². The Morgan fingerprint density at radius 3 is 2.92 bits per heavy atom. The zero-order valence-electron chi connectivity index (χ0n) is 13.4. The standard InChI is InChI=1S/C18H19N3O2S/c22-16(19-14-7-6-12-3-1-4-13(12)9-14)10-15-11-24-18(20-15)21-8-2-5-17(21)23/h6-7,9,11H,1-5,8,10H2,(H,19,22). The molecule has 1 aromatic heterocycles. The molecule has 0 bridgehead atoms. The number of thiazole rings is 1. The first-order valence-electron chi connectivity index (χ1n) is 8.35. The van der Waals surface area contributed by atoms with Crippen molar-refractivity contribution in [3.8, 4) is 0 Å². The summed E-state index contributed by atoms with van der Waals surface area (Å²) >= 11 is 1.43. The fraction of sp³-hybridized carbons (Fsp3) is 0.389. The van der Waals surface area contributed by atoms with Crippen LogP contribution in [0.15, 0.2) is 23.6 Å². The minimum atomic E-state index is -0.0717. The number of nitrogens with zero attached hydrogens (tertiary/aromatic N) is 2. The molecule has 2 aliphatic rings. The molecule has 2 heterocycles. The number of fused-ring (bicyclic) bond motifs is 1. The smallest absolute Gasteiger partial charge is 0.230 e. The summed E-state index contributed by atoms with van der Waals surface area (Å²) < 4.78 is 0. The Kier molecular flexibility index (Phi) is 4.06. The van der Waals surface area contributed by atoms with Crippen LogP contribution >= 0.6 is 11.3 Å². The van der Waals surface area contributed by atoms with E-state index in [-0.39, 0.29) is 18.2 Å². The van der Waals surface area contributed by atoms with Crippen molar-refractivity contribution < 1.29 is 9.59 Å². The SMILES string of the molecule is O=C(Cc1csc(N2CCCC2=O)n1)Nc1ccc2c(c1)CCC2. The van der Waals surface area contributed by atoms with Crippen LogP contribution < -0.4 is 10.2 Å². The van der Waals surface area contributed by atoms with Gasteiger partial charge in [0, 0.05) is 24.0 Å². The summed E-state index contributed by atoms with van der Waals surface area (Å²) in [6, 6.07) is 6.16. The van der Waals surface area contributed by atoms with Crippen LogP contribution in [0, 0.1) is 0 Å². The highest BCUT2D eigenvalue weighted by molar-refractivity contribution is 7.14. The van der Waals surface area contributed by atoms with Gasteiger partial charge in [-0.25, -0.2) is 4.98 Å². The second kappa shape index (κ2) is 6.36. The quantitative estimate of drug-likeness (QED) is 0.930. The van der Waals surface area contributed by atoms with Crippen LogP contribution in [0.1, 0.15) is 36.1 Å². The zero-order valence-corrected chi connectivity index (χ0v) is 14.2. The normalized spacial score (nSPS) is 16.5. The number of aromatic nitrogens is 1. The molecule has 5 nitrogen and oxygen atoms in total. The number of benzene rings is 1. The van der Waals surface area contributed by atoms with E-state index < -0.39 is 0 Å². The van der Waals surface area contributed by atoms with Crippen LogP contribution in [0.3, 0.4) is 0 Å². The van der Waals surface area contributed by atoms with Gasteiger partial charge in [0.15, 0.2) is 5.13 Å². The molecule has 1 aromatic carbocycles. The van der Waals surface area contributed by atoms with Crippen LogP contribution in [-0.2, 0) is 28.9 Å². The number of carbonyl (C=O) groups excluding carboxylic acids is 2. The maximum Gasteiger partial charge on any atom is 0.230 e. The van der Waals surface area contributed by atoms with Crippen LogP contribution in [0.5, 0.6) is 0 Å². The molecule has 2 aromatic rings. The molecule has 0 saturated carbocycles. The van der Waals surface area contributed by atoms with E-state index >= 15 is 0 Å². The average molecular weight is 341 g/mol. The summed E-state index contributed by atoms with van der Waals surface area (Å²) in [6.45, 7) is 0.729. The van der Waals surface area contributed by atoms with Crippen molar-refractivity contribution >= 4 is 34.0 Å². The fourth-order valence-corrected chi connectivity index (χ4v) is 4.24. The van der Waals surface area contributed by atoms with Crippen LogP contribution in [0.4, 0.5) is 10.8 Å².